The number of unbranched alkanes of at least 4 members (excludes halogenated alkanes) is 5. The van der Waals surface area contributed by atoms with Gasteiger partial charge in [-0.3, -0.25) is 4.79 Å². The highest BCUT2D eigenvalue weighted by molar-refractivity contribution is 5.73. The summed E-state index contributed by atoms with van der Waals surface area (Å²) < 4.78 is 29.7. The van der Waals surface area contributed by atoms with Gasteiger partial charge in [-0.15, -0.1) is 0 Å². The Morgan fingerprint density at radius 1 is 0.829 bits per heavy atom. The average Bonchev–Trinajstić information content (AvgIpc) is 2.96. The van der Waals surface area contributed by atoms with Crippen molar-refractivity contribution in [1.82, 2.24) is 5.32 Å². The van der Waals surface area contributed by atoms with Crippen LogP contribution in [0.3, 0.4) is 0 Å². The van der Waals surface area contributed by atoms with E-state index in [2.05, 4.69) is 12.2 Å². The van der Waals surface area contributed by atoms with E-state index < -0.39 is 99.1 Å². The zero-order chi connectivity index (χ0) is 30.6. The first kappa shape index (κ1) is 36.2. The Morgan fingerprint density at radius 2 is 1.46 bits per heavy atom. The fourth-order valence-corrected chi connectivity index (χ4v) is 4.87. The van der Waals surface area contributed by atoms with E-state index in [4.69, 9.17) is 23.7 Å². The molecule has 14 nitrogen and oxygen atoms in total. The standard InChI is InChI=1S/C27H51NO13/c1-4-5-6-7-8-9-10-37-25-19(28-17(3)33)24(41-26-22(36)21(35)20(34)16(2)39-26)23(18(11-29)40-25)38-15-27(12-30,13-31)14-32/h16,18-26,29-32,34-36H,4-15H2,1-3H3,(H,28,33). The van der Waals surface area contributed by atoms with E-state index in [0.29, 0.717) is 0 Å². The molecule has 14 heteroatoms. The first-order chi connectivity index (χ1) is 19.6. The molecule has 0 aromatic rings. The van der Waals surface area contributed by atoms with E-state index in [1.165, 1.54) is 13.8 Å². The van der Waals surface area contributed by atoms with E-state index in [1.54, 1.807) is 0 Å². The normalized spacial score (nSPS) is 34.5. The molecule has 2 rings (SSSR count). The number of carbonyl (C=O) groups excluding carboxylic acids is 1. The molecule has 0 bridgehead atoms. The van der Waals surface area contributed by atoms with Crippen LogP contribution in [-0.2, 0) is 28.5 Å². The monoisotopic (exact) mass is 597 g/mol. The van der Waals surface area contributed by atoms with Crippen LogP contribution in [0.5, 0.6) is 0 Å². The molecule has 8 N–H and O–H groups in total. The van der Waals surface area contributed by atoms with Crippen LogP contribution in [0.15, 0.2) is 0 Å². The lowest BCUT2D eigenvalue weighted by Crippen LogP contribution is -2.68. The molecule has 1 amide bonds. The molecular formula is C27H51NO13. The van der Waals surface area contributed by atoms with Crippen LogP contribution >= 0.6 is 0 Å². The molecule has 2 aliphatic rings. The van der Waals surface area contributed by atoms with Gasteiger partial charge in [0.15, 0.2) is 12.6 Å². The van der Waals surface area contributed by atoms with Crippen molar-refractivity contribution < 1.29 is 64.2 Å². The maximum Gasteiger partial charge on any atom is 0.217 e. The lowest BCUT2D eigenvalue weighted by molar-refractivity contribution is -0.346. The van der Waals surface area contributed by atoms with Crippen LogP contribution in [0.4, 0.5) is 0 Å². The lowest BCUT2D eigenvalue weighted by atomic mass is 9.91. The molecule has 2 heterocycles. The summed E-state index contributed by atoms with van der Waals surface area (Å²) in [5, 5.41) is 73.4. The Bertz CT molecular complexity index is 734. The molecule has 10 atom stereocenters. The summed E-state index contributed by atoms with van der Waals surface area (Å²) in [6.07, 6.45) is -5.57. The van der Waals surface area contributed by atoms with Crippen LogP contribution in [0.25, 0.3) is 0 Å². The van der Waals surface area contributed by atoms with Gasteiger partial charge < -0.3 is 64.7 Å². The summed E-state index contributed by atoms with van der Waals surface area (Å²) in [5.74, 6) is -0.467. The number of ether oxygens (including phenoxy) is 5. The molecular weight excluding hydrogens is 546 g/mol. The minimum absolute atomic E-state index is 0.288. The second kappa shape index (κ2) is 18.0. The van der Waals surface area contributed by atoms with E-state index >= 15 is 0 Å². The Kier molecular flexibility index (Phi) is 15.8. The molecule has 0 saturated carbocycles. The van der Waals surface area contributed by atoms with Gasteiger partial charge in [-0.2, -0.15) is 0 Å². The fraction of sp³-hybridized carbons (Fsp3) is 0.963. The van der Waals surface area contributed by atoms with Crippen LogP contribution in [0.2, 0.25) is 0 Å². The van der Waals surface area contributed by atoms with Crippen LogP contribution in [-0.4, -0.2) is 143 Å². The number of aliphatic hydroxyl groups excluding tert-OH is 7. The Morgan fingerprint density at radius 3 is 2.05 bits per heavy atom. The van der Waals surface area contributed by atoms with Gasteiger partial charge in [0.2, 0.25) is 5.91 Å². The molecule has 2 saturated heterocycles. The molecule has 2 aliphatic heterocycles. The number of nitrogens with one attached hydrogen (secondary N) is 1. The summed E-state index contributed by atoms with van der Waals surface area (Å²) in [7, 11) is 0. The molecule has 10 unspecified atom stereocenters. The van der Waals surface area contributed by atoms with Crippen molar-refractivity contribution in [3.63, 3.8) is 0 Å². The third kappa shape index (κ3) is 10.0. The third-order valence-corrected chi connectivity index (χ3v) is 7.66. The maximum absolute atomic E-state index is 12.3. The second-order valence-corrected chi connectivity index (χ2v) is 11.1. The molecule has 0 spiro atoms. The highest BCUT2D eigenvalue weighted by atomic mass is 16.7. The van der Waals surface area contributed by atoms with Crippen molar-refractivity contribution in [1.29, 1.82) is 0 Å². The van der Waals surface area contributed by atoms with Crippen LogP contribution in [0, 0.1) is 5.41 Å². The quantitative estimate of drug-likeness (QED) is 0.0815. The Hall–Kier alpha value is -1.01. The van der Waals surface area contributed by atoms with Crippen molar-refractivity contribution in [3.8, 4) is 0 Å². The fourth-order valence-electron chi connectivity index (χ4n) is 4.87. The van der Waals surface area contributed by atoms with Crippen molar-refractivity contribution >= 4 is 5.91 Å². The van der Waals surface area contributed by atoms with E-state index in [9.17, 15) is 40.5 Å². The van der Waals surface area contributed by atoms with Crippen molar-refractivity contribution in [2.45, 2.75) is 121 Å². The number of amides is 1. The SMILES string of the molecule is CCCCCCCCOC1OC(CO)C(OCC(CO)(CO)CO)C(OC2OC(C)C(O)C(O)C2O)C1NC(C)=O. The minimum Gasteiger partial charge on any atom is -0.396 e. The maximum atomic E-state index is 12.3. The second-order valence-electron chi connectivity index (χ2n) is 11.1. The number of aliphatic hydroxyl groups is 7. The van der Waals surface area contributed by atoms with E-state index in [1.807, 2.05) is 0 Å². The van der Waals surface area contributed by atoms with Crippen molar-refractivity contribution in [2.24, 2.45) is 5.41 Å². The Labute approximate surface area is 241 Å². The summed E-state index contributed by atoms with van der Waals surface area (Å²) in [6.45, 7) is 2.37. The number of rotatable bonds is 18. The summed E-state index contributed by atoms with van der Waals surface area (Å²) in [4.78, 5) is 12.3. The predicted octanol–water partition coefficient (Wildman–Crippen LogP) is -1.85. The molecule has 0 radical (unpaired) electrons. The van der Waals surface area contributed by atoms with Crippen LogP contribution < -0.4 is 5.32 Å². The summed E-state index contributed by atoms with van der Waals surface area (Å²) in [6, 6.07) is -1.05. The lowest BCUT2D eigenvalue weighted by Gasteiger charge is -2.49. The highest BCUT2D eigenvalue weighted by Gasteiger charge is 2.52. The molecule has 0 aromatic carbocycles. The first-order valence-corrected chi connectivity index (χ1v) is 14.5. The van der Waals surface area contributed by atoms with Gasteiger partial charge in [-0.1, -0.05) is 39.0 Å². The van der Waals surface area contributed by atoms with Crippen LogP contribution in [0.1, 0.15) is 59.3 Å². The zero-order valence-electron chi connectivity index (χ0n) is 24.3. The zero-order valence-corrected chi connectivity index (χ0v) is 24.3. The minimum atomic E-state index is -1.68. The molecule has 2 fully saturated rings. The summed E-state index contributed by atoms with van der Waals surface area (Å²) >= 11 is 0. The van der Waals surface area contributed by atoms with E-state index in [-0.39, 0.29) is 13.2 Å². The van der Waals surface area contributed by atoms with Gasteiger partial charge in [0.05, 0.1) is 44.6 Å². The molecule has 0 aliphatic carbocycles. The van der Waals surface area contributed by atoms with Gasteiger partial charge in [-0.25, -0.2) is 0 Å². The first-order valence-electron chi connectivity index (χ1n) is 14.5. The number of hydrogen-bond donors (Lipinski definition) is 8. The van der Waals surface area contributed by atoms with Gasteiger partial charge in [0, 0.05) is 13.5 Å². The molecule has 41 heavy (non-hydrogen) atoms. The smallest absolute Gasteiger partial charge is 0.217 e. The number of carbonyl (C=O) groups is 1. The van der Waals surface area contributed by atoms with Gasteiger partial charge >= 0.3 is 0 Å². The average molecular weight is 598 g/mol. The highest BCUT2D eigenvalue weighted by Crippen LogP contribution is 2.32. The topological polar surface area (TPSA) is 217 Å². The van der Waals surface area contributed by atoms with Gasteiger partial charge in [0.25, 0.3) is 0 Å². The molecule has 0 aromatic heterocycles. The Balaban J connectivity index is 2.34. The van der Waals surface area contributed by atoms with E-state index in [0.717, 1.165) is 38.5 Å². The van der Waals surface area contributed by atoms with Crippen molar-refractivity contribution in [3.05, 3.63) is 0 Å². The van der Waals surface area contributed by atoms with Crippen molar-refractivity contribution in [2.75, 3.05) is 39.6 Å². The van der Waals surface area contributed by atoms with Gasteiger partial charge in [0.1, 0.15) is 42.7 Å². The number of hydrogen-bond acceptors (Lipinski definition) is 13. The third-order valence-electron chi connectivity index (χ3n) is 7.66. The largest absolute Gasteiger partial charge is 0.396 e. The summed E-state index contributed by atoms with van der Waals surface area (Å²) in [5.41, 5.74) is -1.44. The molecule has 242 valence electrons. The predicted molar refractivity (Wildman–Crippen MR) is 143 cm³/mol. The van der Waals surface area contributed by atoms with Gasteiger partial charge in [-0.05, 0) is 13.3 Å².